The van der Waals surface area contributed by atoms with Crippen molar-refractivity contribution in [3.63, 3.8) is 0 Å². The third-order valence-electron chi connectivity index (χ3n) is 2.89. The van der Waals surface area contributed by atoms with Crippen molar-refractivity contribution in [1.29, 1.82) is 0 Å². The lowest BCUT2D eigenvalue weighted by Crippen LogP contribution is -2.32. The Hall–Kier alpha value is -1.56. The fraction of sp³-hybridized carbons (Fsp3) is 0.286. The summed E-state index contributed by atoms with van der Waals surface area (Å²) < 4.78 is 5.21. The SMILES string of the molecule is CNCCN(C)C(=O)c1ccc(-c2cnco2)cc1.Cl.Cl. The van der Waals surface area contributed by atoms with Crippen LogP contribution < -0.4 is 5.32 Å². The van der Waals surface area contributed by atoms with E-state index in [9.17, 15) is 4.79 Å². The van der Waals surface area contributed by atoms with Gasteiger partial charge in [-0.1, -0.05) is 12.1 Å². The van der Waals surface area contributed by atoms with E-state index in [0.29, 0.717) is 17.9 Å². The van der Waals surface area contributed by atoms with Gasteiger partial charge in [-0.15, -0.1) is 24.8 Å². The van der Waals surface area contributed by atoms with E-state index in [-0.39, 0.29) is 30.7 Å². The van der Waals surface area contributed by atoms with Crippen LogP contribution in [0.25, 0.3) is 11.3 Å². The maximum Gasteiger partial charge on any atom is 0.253 e. The second-order valence-corrected chi connectivity index (χ2v) is 4.27. The standard InChI is InChI=1S/C14H17N3O2.2ClH/c1-15-7-8-17(2)14(18)12-5-3-11(4-6-12)13-9-16-10-19-13;;/h3-6,9-10,15H,7-8H2,1-2H3;2*1H. The number of hydrogen-bond acceptors (Lipinski definition) is 4. The minimum Gasteiger partial charge on any atom is -0.444 e. The van der Waals surface area contributed by atoms with Gasteiger partial charge in [0.05, 0.1) is 6.20 Å². The Bertz CT molecular complexity index is 530. The molecule has 0 unspecified atom stereocenters. The summed E-state index contributed by atoms with van der Waals surface area (Å²) in [4.78, 5) is 17.7. The molecule has 0 bridgehead atoms. The minimum atomic E-state index is 0. The van der Waals surface area contributed by atoms with Gasteiger partial charge < -0.3 is 14.6 Å². The van der Waals surface area contributed by atoms with Crippen molar-refractivity contribution in [1.82, 2.24) is 15.2 Å². The Kier molecular flexibility index (Phi) is 8.69. The molecule has 5 nitrogen and oxygen atoms in total. The second kappa shape index (κ2) is 9.39. The molecule has 0 saturated heterocycles. The summed E-state index contributed by atoms with van der Waals surface area (Å²) in [5.74, 6) is 0.710. The van der Waals surface area contributed by atoms with Gasteiger partial charge in [-0.3, -0.25) is 4.79 Å². The quantitative estimate of drug-likeness (QED) is 0.914. The molecule has 7 heteroatoms. The van der Waals surface area contributed by atoms with Crippen LogP contribution in [0.3, 0.4) is 0 Å². The van der Waals surface area contributed by atoms with Crippen molar-refractivity contribution < 1.29 is 9.21 Å². The van der Waals surface area contributed by atoms with Crippen molar-refractivity contribution in [3.05, 3.63) is 42.4 Å². The smallest absolute Gasteiger partial charge is 0.253 e. The maximum atomic E-state index is 12.1. The Balaban J connectivity index is 0.00000200. The summed E-state index contributed by atoms with van der Waals surface area (Å²) in [6.07, 6.45) is 3.04. The van der Waals surface area contributed by atoms with Crippen LogP contribution in [0.4, 0.5) is 0 Å². The fourth-order valence-corrected chi connectivity index (χ4v) is 1.74. The molecule has 1 N–H and O–H groups in total. The van der Waals surface area contributed by atoms with Gasteiger partial charge in [-0.2, -0.15) is 0 Å². The topological polar surface area (TPSA) is 58.4 Å². The summed E-state index contributed by atoms with van der Waals surface area (Å²) in [7, 11) is 3.66. The van der Waals surface area contributed by atoms with E-state index in [2.05, 4.69) is 10.3 Å². The third-order valence-corrected chi connectivity index (χ3v) is 2.89. The van der Waals surface area contributed by atoms with Gasteiger partial charge in [0.1, 0.15) is 0 Å². The number of hydrogen-bond donors (Lipinski definition) is 1. The van der Waals surface area contributed by atoms with E-state index < -0.39 is 0 Å². The molecule has 116 valence electrons. The number of aromatic nitrogens is 1. The first kappa shape index (κ1) is 19.4. The number of amides is 1. The Morgan fingerprint density at radius 3 is 2.48 bits per heavy atom. The molecule has 1 heterocycles. The van der Waals surface area contributed by atoms with Crippen molar-refractivity contribution in [3.8, 4) is 11.3 Å². The highest BCUT2D eigenvalue weighted by Crippen LogP contribution is 2.19. The molecular formula is C14H19Cl2N3O2. The second-order valence-electron chi connectivity index (χ2n) is 4.27. The number of nitrogens with zero attached hydrogens (tertiary/aromatic N) is 2. The van der Waals surface area contributed by atoms with Crippen LogP contribution in [0.2, 0.25) is 0 Å². The van der Waals surface area contributed by atoms with Gasteiger partial charge in [-0.05, 0) is 19.2 Å². The van der Waals surface area contributed by atoms with Gasteiger partial charge in [0.2, 0.25) is 0 Å². The molecule has 0 fully saturated rings. The summed E-state index contributed by atoms with van der Waals surface area (Å²) in [5, 5.41) is 3.02. The lowest BCUT2D eigenvalue weighted by molar-refractivity contribution is 0.0797. The number of likely N-dealkylation sites (N-methyl/N-ethyl adjacent to an activating group) is 2. The summed E-state index contributed by atoms with van der Waals surface area (Å²) >= 11 is 0. The van der Waals surface area contributed by atoms with Gasteiger partial charge in [0.15, 0.2) is 12.2 Å². The predicted octanol–water partition coefficient (Wildman–Crippen LogP) is 2.48. The lowest BCUT2D eigenvalue weighted by Gasteiger charge is -2.16. The van der Waals surface area contributed by atoms with Crippen LogP contribution >= 0.6 is 24.8 Å². The largest absolute Gasteiger partial charge is 0.444 e. The minimum absolute atomic E-state index is 0. The molecule has 2 aromatic rings. The van der Waals surface area contributed by atoms with Crippen molar-refractivity contribution in [2.75, 3.05) is 27.2 Å². The molecule has 0 aliphatic carbocycles. The monoisotopic (exact) mass is 331 g/mol. The van der Waals surface area contributed by atoms with E-state index in [4.69, 9.17) is 4.42 Å². The zero-order chi connectivity index (χ0) is 13.7. The Morgan fingerprint density at radius 1 is 1.29 bits per heavy atom. The molecule has 0 radical (unpaired) electrons. The molecule has 21 heavy (non-hydrogen) atoms. The first-order chi connectivity index (χ1) is 9.22. The number of carbonyl (C=O) groups is 1. The zero-order valence-corrected chi connectivity index (χ0v) is 13.5. The summed E-state index contributed by atoms with van der Waals surface area (Å²) in [6.45, 7) is 1.46. The molecule has 0 atom stereocenters. The van der Waals surface area contributed by atoms with Gasteiger partial charge in [-0.25, -0.2) is 4.98 Å². The molecule has 0 saturated carbocycles. The highest BCUT2D eigenvalue weighted by Gasteiger charge is 2.11. The van der Waals surface area contributed by atoms with E-state index in [1.807, 2.05) is 19.2 Å². The van der Waals surface area contributed by atoms with Gasteiger partial charge in [0.25, 0.3) is 5.91 Å². The maximum absolute atomic E-state index is 12.1. The number of halogens is 2. The van der Waals surface area contributed by atoms with Crippen LogP contribution in [0.1, 0.15) is 10.4 Å². The van der Waals surface area contributed by atoms with Crippen LogP contribution in [-0.2, 0) is 0 Å². The molecule has 1 amide bonds. The highest BCUT2D eigenvalue weighted by atomic mass is 35.5. The van der Waals surface area contributed by atoms with Crippen LogP contribution in [-0.4, -0.2) is 43.0 Å². The zero-order valence-electron chi connectivity index (χ0n) is 11.9. The van der Waals surface area contributed by atoms with E-state index in [1.165, 1.54) is 6.39 Å². The van der Waals surface area contributed by atoms with E-state index in [1.54, 1.807) is 30.3 Å². The Labute approximate surface area is 136 Å². The van der Waals surface area contributed by atoms with Crippen LogP contribution in [0, 0.1) is 0 Å². The molecule has 0 aliphatic rings. The van der Waals surface area contributed by atoms with Crippen molar-refractivity contribution in [2.45, 2.75) is 0 Å². The number of oxazole rings is 1. The highest BCUT2D eigenvalue weighted by molar-refractivity contribution is 5.94. The molecule has 0 spiro atoms. The average molecular weight is 332 g/mol. The molecule has 2 rings (SSSR count). The first-order valence-electron chi connectivity index (χ1n) is 6.11. The number of nitrogens with one attached hydrogen (secondary N) is 1. The fourth-order valence-electron chi connectivity index (χ4n) is 1.74. The molecule has 1 aromatic carbocycles. The van der Waals surface area contributed by atoms with Crippen LogP contribution in [0.5, 0.6) is 0 Å². The predicted molar refractivity (Wildman–Crippen MR) is 87.3 cm³/mol. The van der Waals surface area contributed by atoms with Gasteiger partial charge >= 0.3 is 0 Å². The number of benzene rings is 1. The number of rotatable bonds is 5. The molecule has 1 aromatic heterocycles. The molecular weight excluding hydrogens is 313 g/mol. The summed E-state index contributed by atoms with van der Waals surface area (Å²) in [5.41, 5.74) is 1.58. The summed E-state index contributed by atoms with van der Waals surface area (Å²) in [6, 6.07) is 7.32. The first-order valence-corrected chi connectivity index (χ1v) is 6.11. The van der Waals surface area contributed by atoms with Gasteiger partial charge in [0, 0.05) is 31.3 Å². The Morgan fingerprint density at radius 2 is 1.95 bits per heavy atom. The third kappa shape index (κ3) is 5.04. The van der Waals surface area contributed by atoms with Crippen LogP contribution in [0.15, 0.2) is 41.3 Å². The normalized spacial score (nSPS) is 9.43. The molecule has 0 aliphatic heterocycles. The lowest BCUT2D eigenvalue weighted by atomic mass is 10.1. The van der Waals surface area contributed by atoms with Crippen molar-refractivity contribution in [2.24, 2.45) is 0 Å². The number of carbonyl (C=O) groups excluding carboxylic acids is 1. The average Bonchev–Trinajstić information content (AvgIpc) is 2.98. The van der Waals surface area contributed by atoms with Crippen molar-refractivity contribution >= 4 is 30.7 Å². The van der Waals surface area contributed by atoms with E-state index >= 15 is 0 Å². The van der Waals surface area contributed by atoms with E-state index in [0.717, 1.165) is 12.1 Å².